The average molecular weight is 351 g/mol. The normalized spacial score (nSPS) is 23.1. The number of ether oxygens (including phenoxy) is 1. The van der Waals surface area contributed by atoms with E-state index in [0.29, 0.717) is 12.5 Å². The first-order valence-electron chi connectivity index (χ1n) is 9.23. The standard InChI is InChI=1S/C21H25N3O2/c1-26-19-7-4-5-17(13-19)14-24-12-9-21(20(24)25)8-11-23(16-21)15-18-6-2-3-10-22-18/h2-7,10,13H,8-9,11-12,14-16H2,1H3/t21-/m1/s1. The fourth-order valence-corrected chi connectivity index (χ4v) is 4.23. The first kappa shape index (κ1) is 17.0. The predicted molar refractivity (Wildman–Crippen MR) is 99.6 cm³/mol. The minimum atomic E-state index is -0.201. The van der Waals surface area contributed by atoms with Crippen molar-refractivity contribution in [2.75, 3.05) is 26.7 Å². The van der Waals surface area contributed by atoms with Crippen molar-refractivity contribution in [1.82, 2.24) is 14.8 Å². The molecule has 2 saturated heterocycles. The lowest BCUT2D eigenvalue weighted by atomic mass is 9.85. The maximum Gasteiger partial charge on any atom is 0.230 e. The van der Waals surface area contributed by atoms with Crippen molar-refractivity contribution in [3.63, 3.8) is 0 Å². The van der Waals surface area contributed by atoms with Crippen LogP contribution in [0.4, 0.5) is 0 Å². The Morgan fingerprint density at radius 1 is 1.12 bits per heavy atom. The number of carbonyl (C=O) groups is 1. The molecule has 26 heavy (non-hydrogen) atoms. The van der Waals surface area contributed by atoms with Crippen molar-refractivity contribution >= 4 is 5.91 Å². The summed E-state index contributed by atoms with van der Waals surface area (Å²) in [6.45, 7) is 4.14. The molecular formula is C21H25N3O2. The van der Waals surface area contributed by atoms with E-state index < -0.39 is 0 Å². The number of nitrogens with zero attached hydrogens (tertiary/aromatic N) is 3. The summed E-state index contributed by atoms with van der Waals surface area (Å²) in [6, 6.07) is 14.0. The molecule has 5 heteroatoms. The van der Waals surface area contributed by atoms with Gasteiger partial charge in [0.1, 0.15) is 5.75 Å². The molecular weight excluding hydrogens is 326 g/mol. The molecule has 0 unspecified atom stereocenters. The zero-order valence-corrected chi connectivity index (χ0v) is 15.2. The fraction of sp³-hybridized carbons (Fsp3) is 0.429. The van der Waals surface area contributed by atoms with Crippen molar-refractivity contribution in [2.24, 2.45) is 5.41 Å². The number of aromatic nitrogens is 1. The van der Waals surface area contributed by atoms with Gasteiger partial charge in [0, 0.05) is 32.4 Å². The minimum Gasteiger partial charge on any atom is -0.497 e. The summed E-state index contributed by atoms with van der Waals surface area (Å²) in [5, 5.41) is 0. The van der Waals surface area contributed by atoms with Crippen LogP contribution in [-0.4, -0.2) is 47.4 Å². The number of pyridine rings is 1. The highest BCUT2D eigenvalue weighted by molar-refractivity contribution is 5.85. The van der Waals surface area contributed by atoms with Gasteiger partial charge in [-0.1, -0.05) is 18.2 Å². The zero-order chi connectivity index (χ0) is 18.0. The van der Waals surface area contributed by atoms with E-state index in [1.165, 1.54) is 0 Å². The molecule has 1 atom stereocenters. The quantitative estimate of drug-likeness (QED) is 0.831. The molecule has 2 aromatic rings. The molecule has 0 bridgehead atoms. The summed E-state index contributed by atoms with van der Waals surface area (Å²) in [4.78, 5) is 21.9. The van der Waals surface area contributed by atoms with Crippen LogP contribution in [0.3, 0.4) is 0 Å². The van der Waals surface area contributed by atoms with E-state index in [2.05, 4.69) is 22.0 Å². The molecule has 3 heterocycles. The lowest BCUT2D eigenvalue weighted by molar-refractivity contribution is -0.136. The maximum absolute atomic E-state index is 13.1. The number of hydrogen-bond donors (Lipinski definition) is 0. The molecule has 0 radical (unpaired) electrons. The Morgan fingerprint density at radius 3 is 2.81 bits per heavy atom. The highest BCUT2D eigenvalue weighted by Gasteiger charge is 2.50. The Bertz CT molecular complexity index is 780. The Labute approximate surface area is 154 Å². The van der Waals surface area contributed by atoms with Crippen LogP contribution >= 0.6 is 0 Å². The van der Waals surface area contributed by atoms with Gasteiger partial charge in [0.25, 0.3) is 0 Å². The molecule has 1 aromatic carbocycles. The van der Waals surface area contributed by atoms with E-state index >= 15 is 0 Å². The highest BCUT2D eigenvalue weighted by Crippen LogP contribution is 2.41. The van der Waals surface area contributed by atoms with Crippen LogP contribution in [0.25, 0.3) is 0 Å². The molecule has 1 aromatic heterocycles. The number of hydrogen-bond acceptors (Lipinski definition) is 4. The monoisotopic (exact) mass is 351 g/mol. The Morgan fingerprint density at radius 2 is 2.00 bits per heavy atom. The summed E-state index contributed by atoms with van der Waals surface area (Å²) in [5.74, 6) is 1.15. The summed E-state index contributed by atoms with van der Waals surface area (Å²) in [6.07, 6.45) is 3.74. The van der Waals surface area contributed by atoms with E-state index in [1.54, 1.807) is 7.11 Å². The SMILES string of the molecule is COc1cccc(CN2CC[C@@]3(CCN(Cc4ccccn4)C3)C2=O)c1. The van der Waals surface area contributed by atoms with E-state index in [0.717, 1.165) is 56.0 Å². The molecule has 0 N–H and O–H groups in total. The molecule has 1 spiro atoms. The van der Waals surface area contributed by atoms with Crippen LogP contribution in [0, 0.1) is 5.41 Å². The van der Waals surface area contributed by atoms with Gasteiger partial charge in [-0.3, -0.25) is 14.7 Å². The van der Waals surface area contributed by atoms with Crippen LogP contribution in [-0.2, 0) is 17.9 Å². The van der Waals surface area contributed by atoms with Gasteiger partial charge in [0.2, 0.25) is 5.91 Å². The van der Waals surface area contributed by atoms with Crippen molar-refractivity contribution < 1.29 is 9.53 Å². The third-order valence-electron chi connectivity index (χ3n) is 5.65. The molecule has 1 amide bonds. The Kier molecular flexibility index (Phi) is 4.64. The fourth-order valence-electron chi connectivity index (χ4n) is 4.23. The van der Waals surface area contributed by atoms with E-state index in [4.69, 9.17) is 4.74 Å². The second-order valence-electron chi connectivity index (χ2n) is 7.39. The summed E-state index contributed by atoms with van der Waals surface area (Å²) >= 11 is 0. The van der Waals surface area contributed by atoms with Crippen LogP contribution in [0.5, 0.6) is 5.75 Å². The number of amides is 1. The molecule has 136 valence electrons. The van der Waals surface area contributed by atoms with Gasteiger partial charge < -0.3 is 9.64 Å². The van der Waals surface area contributed by atoms with Crippen molar-refractivity contribution in [3.05, 3.63) is 59.9 Å². The van der Waals surface area contributed by atoms with Gasteiger partial charge in [-0.15, -0.1) is 0 Å². The molecule has 2 fully saturated rings. The second kappa shape index (κ2) is 7.08. The van der Waals surface area contributed by atoms with Gasteiger partial charge in [-0.05, 0) is 49.2 Å². The van der Waals surface area contributed by atoms with Crippen molar-refractivity contribution in [2.45, 2.75) is 25.9 Å². The molecule has 0 saturated carbocycles. The topological polar surface area (TPSA) is 45.7 Å². The number of carbonyl (C=O) groups excluding carboxylic acids is 1. The Balaban J connectivity index is 1.40. The van der Waals surface area contributed by atoms with Crippen LogP contribution < -0.4 is 4.74 Å². The largest absolute Gasteiger partial charge is 0.497 e. The smallest absolute Gasteiger partial charge is 0.230 e. The van der Waals surface area contributed by atoms with Gasteiger partial charge in [0.05, 0.1) is 18.2 Å². The van der Waals surface area contributed by atoms with Gasteiger partial charge in [-0.2, -0.15) is 0 Å². The molecule has 5 nitrogen and oxygen atoms in total. The summed E-state index contributed by atoms with van der Waals surface area (Å²) in [5.41, 5.74) is 1.99. The van der Waals surface area contributed by atoms with E-state index in [-0.39, 0.29) is 5.41 Å². The summed E-state index contributed by atoms with van der Waals surface area (Å²) < 4.78 is 5.29. The van der Waals surface area contributed by atoms with Gasteiger partial charge in [0.15, 0.2) is 0 Å². The third-order valence-corrected chi connectivity index (χ3v) is 5.65. The number of rotatable bonds is 5. The number of methoxy groups -OCH3 is 1. The molecule has 4 rings (SSSR count). The lowest BCUT2D eigenvalue weighted by Crippen LogP contribution is -2.36. The number of benzene rings is 1. The zero-order valence-electron chi connectivity index (χ0n) is 15.2. The van der Waals surface area contributed by atoms with E-state index in [1.807, 2.05) is 41.4 Å². The summed E-state index contributed by atoms with van der Waals surface area (Å²) in [7, 11) is 1.67. The van der Waals surface area contributed by atoms with Gasteiger partial charge >= 0.3 is 0 Å². The molecule has 2 aliphatic heterocycles. The third kappa shape index (κ3) is 3.31. The van der Waals surface area contributed by atoms with Crippen molar-refractivity contribution in [1.29, 1.82) is 0 Å². The van der Waals surface area contributed by atoms with Crippen molar-refractivity contribution in [3.8, 4) is 5.75 Å². The first-order valence-corrected chi connectivity index (χ1v) is 9.23. The molecule has 0 aliphatic carbocycles. The minimum absolute atomic E-state index is 0.201. The Hall–Kier alpha value is -2.40. The van der Waals surface area contributed by atoms with Crippen LogP contribution in [0.2, 0.25) is 0 Å². The highest BCUT2D eigenvalue weighted by atomic mass is 16.5. The van der Waals surface area contributed by atoms with Crippen LogP contribution in [0.1, 0.15) is 24.1 Å². The first-order chi connectivity index (χ1) is 12.7. The van der Waals surface area contributed by atoms with Crippen LogP contribution in [0.15, 0.2) is 48.7 Å². The second-order valence-corrected chi connectivity index (χ2v) is 7.39. The lowest BCUT2D eigenvalue weighted by Gasteiger charge is -2.24. The van der Waals surface area contributed by atoms with Gasteiger partial charge in [-0.25, -0.2) is 0 Å². The maximum atomic E-state index is 13.1. The van der Waals surface area contributed by atoms with E-state index in [9.17, 15) is 4.79 Å². The number of likely N-dealkylation sites (tertiary alicyclic amines) is 2. The predicted octanol–water partition coefficient (Wildman–Crippen LogP) is 2.71. The average Bonchev–Trinajstić information content (AvgIpc) is 3.22. The molecule has 2 aliphatic rings.